The van der Waals surface area contributed by atoms with Crippen molar-refractivity contribution < 1.29 is 10.2 Å². The first-order valence-corrected chi connectivity index (χ1v) is 6.81. The number of aliphatic hydroxyl groups is 2. The van der Waals surface area contributed by atoms with Gasteiger partial charge < -0.3 is 15.1 Å². The summed E-state index contributed by atoms with van der Waals surface area (Å²) in [6, 6.07) is 0. The molecule has 0 saturated carbocycles. The molecule has 4 heteroatoms. The average Bonchev–Trinajstić information content (AvgIpc) is 2.30. The van der Waals surface area contributed by atoms with Gasteiger partial charge in [-0.1, -0.05) is 6.92 Å². The van der Waals surface area contributed by atoms with E-state index in [0.29, 0.717) is 0 Å². The van der Waals surface area contributed by atoms with Gasteiger partial charge in [-0.15, -0.1) is 0 Å². The van der Waals surface area contributed by atoms with Crippen molar-refractivity contribution in [2.75, 3.05) is 40.0 Å². The van der Waals surface area contributed by atoms with Crippen molar-refractivity contribution in [1.29, 1.82) is 0 Å². The van der Waals surface area contributed by atoms with Crippen LogP contribution in [0, 0.1) is 5.92 Å². The molecule has 4 nitrogen and oxygen atoms in total. The van der Waals surface area contributed by atoms with Crippen molar-refractivity contribution in [3.63, 3.8) is 0 Å². The van der Waals surface area contributed by atoms with Crippen molar-refractivity contribution in [1.82, 2.24) is 9.80 Å². The molecule has 0 aromatic heterocycles. The van der Waals surface area contributed by atoms with E-state index in [1.165, 1.54) is 12.8 Å². The van der Waals surface area contributed by atoms with Gasteiger partial charge in [-0.2, -0.15) is 0 Å². The van der Waals surface area contributed by atoms with Gasteiger partial charge in [-0.25, -0.2) is 0 Å². The molecule has 0 bridgehead atoms. The van der Waals surface area contributed by atoms with Gasteiger partial charge in [0.1, 0.15) is 0 Å². The lowest BCUT2D eigenvalue weighted by Crippen LogP contribution is -2.34. The molecule has 0 radical (unpaired) electrons. The zero-order chi connectivity index (χ0) is 12.7. The van der Waals surface area contributed by atoms with Crippen molar-refractivity contribution in [3.05, 3.63) is 0 Å². The van der Waals surface area contributed by atoms with Crippen LogP contribution < -0.4 is 0 Å². The highest BCUT2D eigenvalue weighted by atomic mass is 16.3. The second-order valence-electron chi connectivity index (χ2n) is 5.50. The Hall–Kier alpha value is -0.160. The lowest BCUT2D eigenvalue weighted by atomic mass is 10.00. The molecular weight excluding hydrogens is 216 g/mol. The third-order valence-electron chi connectivity index (χ3n) is 3.68. The molecule has 102 valence electrons. The summed E-state index contributed by atoms with van der Waals surface area (Å²) in [5.41, 5.74) is 0. The normalized spacial score (nSPS) is 28.6. The summed E-state index contributed by atoms with van der Waals surface area (Å²) in [7, 11) is 2.04. The van der Waals surface area contributed by atoms with Crippen LogP contribution in [0.4, 0.5) is 0 Å². The maximum atomic E-state index is 9.04. The van der Waals surface area contributed by atoms with Crippen molar-refractivity contribution in [2.24, 2.45) is 5.92 Å². The van der Waals surface area contributed by atoms with Crippen LogP contribution in [0.2, 0.25) is 0 Å². The standard InChI is InChI=1S/C7H15NO.C6H13NO/c1-7-2-4-8(6-9)5-3-7;1-7-4-2-3-6(8)5-7/h7,9H,2-6H2,1H3;6,8H,2-5H2,1H3. The van der Waals surface area contributed by atoms with E-state index in [-0.39, 0.29) is 12.8 Å². The minimum absolute atomic E-state index is 0.0613. The molecule has 2 rings (SSSR count). The Balaban J connectivity index is 0.000000171. The summed E-state index contributed by atoms with van der Waals surface area (Å²) in [6.45, 7) is 6.69. The maximum absolute atomic E-state index is 9.04. The summed E-state index contributed by atoms with van der Waals surface area (Å²) in [5.74, 6) is 0.868. The lowest BCUT2D eigenvalue weighted by molar-refractivity contribution is 0.0762. The van der Waals surface area contributed by atoms with Crippen LogP contribution in [-0.2, 0) is 0 Å². The van der Waals surface area contributed by atoms with Gasteiger partial charge in [-0.05, 0) is 45.2 Å². The van der Waals surface area contributed by atoms with Crippen LogP contribution in [0.15, 0.2) is 0 Å². The highest BCUT2D eigenvalue weighted by Gasteiger charge is 2.13. The fraction of sp³-hybridized carbons (Fsp3) is 1.00. The Morgan fingerprint density at radius 2 is 1.76 bits per heavy atom. The van der Waals surface area contributed by atoms with E-state index in [9.17, 15) is 0 Å². The number of hydrogen-bond acceptors (Lipinski definition) is 4. The van der Waals surface area contributed by atoms with Gasteiger partial charge in [0.2, 0.25) is 0 Å². The van der Waals surface area contributed by atoms with Gasteiger partial charge in [0.15, 0.2) is 0 Å². The molecule has 0 aliphatic carbocycles. The third kappa shape index (κ3) is 6.36. The molecule has 2 N–H and O–H groups in total. The van der Waals surface area contributed by atoms with E-state index < -0.39 is 0 Å². The number of hydrogen-bond donors (Lipinski definition) is 2. The molecule has 2 fully saturated rings. The highest BCUT2D eigenvalue weighted by molar-refractivity contribution is 4.68. The largest absolute Gasteiger partial charge is 0.392 e. The number of nitrogens with zero attached hydrogens (tertiary/aromatic N) is 2. The molecule has 0 aromatic carbocycles. The summed E-state index contributed by atoms with van der Waals surface area (Å²) < 4.78 is 0. The summed E-state index contributed by atoms with van der Waals surface area (Å²) in [4.78, 5) is 4.24. The van der Waals surface area contributed by atoms with Gasteiger partial charge in [-0.3, -0.25) is 4.90 Å². The molecule has 1 atom stereocenters. The van der Waals surface area contributed by atoms with E-state index in [0.717, 1.165) is 44.9 Å². The molecule has 2 heterocycles. The highest BCUT2D eigenvalue weighted by Crippen LogP contribution is 2.14. The Bertz CT molecular complexity index is 186. The zero-order valence-corrected chi connectivity index (χ0v) is 11.3. The number of β-amino-alcohol motifs (C(OH)–C–C–N with tert-alkyl or cyclic N) is 1. The predicted molar refractivity (Wildman–Crippen MR) is 69.8 cm³/mol. The Kier molecular flexibility index (Phi) is 7.04. The summed E-state index contributed by atoms with van der Waals surface area (Å²) in [6.07, 6.45) is 4.58. The predicted octanol–water partition coefficient (Wildman–Crippen LogP) is 0.741. The molecular formula is C13H28N2O2. The van der Waals surface area contributed by atoms with Crippen LogP contribution in [0.1, 0.15) is 32.6 Å². The van der Waals surface area contributed by atoms with Crippen molar-refractivity contribution in [2.45, 2.75) is 38.7 Å². The fourth-order valence-electron chi connectivity index (χ4n) is 2.34. The van der Waals surface area contributed by atoms with Crippen molar-refractivity contribution in [3.8, 4) is 0 Å². The Morgan fingerprint density at radius 1 is 1.12 bits per heavy atom. The molecule has 2 aliphatic heterocycles. The van der Waals surface area contributed by atoms with Gasteiger partial charge in [0.05, 0.1) is 12.8 Å². The Morgan fingerprint density at radius 3 is 2.18 bits per heavy atom. The quantitative estimate of drug-likeness (QED) is 0.714. The second kappa shape index (κ2) is 8.03. The number of aliphatic hydroxyl groups excluding tert-OH is 2. The molecule has 1 unspecified atom stereocenters. The SMILES string of the molecule is CC1CCN(CO)CC1.CN1CCCC(O)C1. The second-order valence-corrected chi connectivity index (χ2v) is 5.50. The molecule has 2 saturated heterocycles. The fourth-order valence-corrected chi connectivity index (χ4v) is 2.34. The maximum Gasteiger partial charge on any atom is 0.0956 e. The summed E-state index contributed by atoms with van der Waals surface area (Å²) >= 11 is 0. The molecule has 0 spiro atoms. The zero-order valence-electron chi connectivity index (χ0n) is 11.3. The molecule has 2 aliphatic rings. The van der Waals surface area contributed by atoms with E-state index in [4.69, 9.17) is 10.2 Å². The first-order chi connectivity index (χ1) is 8.11. The van der Waals surface area contributed by atoms with Crippen LogP contribution in [0.3, 0.4) is 0 Å². The minimum atomic E-state index is -0.0613. The van der Waals surface area contributed by atoms with Crippen LogP contribution >= 0.6 is 0 Å². The number of rotatable bonds is 1. The molecule has 0 amide bonds. The van der Waals surface area contributed by atoms with Crippen LogP contribution in [0.25, 0.3) is 0 Å². The first kappa shape index (κ1) is 14.9. The topological polar surface area (TPSA) is 46.9 Å². The van der Waals surface area contributed by atoms with Gasteiger partial charge in [0.25, 0.3) is 0 Å². The van der Waals surface area contributed by atoms with Gasteiger partial charge >= 0.3 is 0 Å². The number of likely N-dealkylation sites (N-methyl/N-ethyl adjacent to an activating group) is 1. The number of piperidine rings is 2. The molecule has 0 aromatic rings. The van der Waals surface area contributed by atoms with Crippen LogP contribution in [-0.4, -0.2) is 66.1 Å². The van der Waals surface area contributed by atoms with E-state index in [1.54, 1.807) is 0 Å². The Labute approximate surface area is 105 Å². The average molecular weight is 244 g/mol. The van der Waals surface area contributed by atoms with E-state index in [1.807, 2.05) is 7.05 Å². The smallest absolute Gasteiger partial charge is 0.0956 e. The van der Waals surface area contributed by atoms with Crippen LogP contribution in [0.5, 0.6) is 0 Å². The van der Waals surface area contributed by atoms with Gasteiger partial charge in [0, 0.05) is 19.6 Å². The minimum Gasteiger partial charge on any atom is -0.392 e. The molecule has 17 heavy (non-hydrogen) atoms. The van der Waals surface area contributed by atoms with E-state index >= 15 is 0 Å². The monoisotopic (exact) mass is 244 g/mol. The lowest BCUT2D eigenvalue weighted by Gasteiger charge is -2.27. The number of likely N-dealkylation sites (tertiary alicyclic amines) is 2. The van der Waals surface area contributed by atoms with E-state index in [2.05, 4.69) is 16.7 Å². The summed E-state index contributed by atoms with van der Waals surface area (Å²) in [5, 5.41) is 17.7. The third-order valence-corrected chi connectivity index (χ3v) is 3.68. The first-order valence-electron chi connectivity index (χ1n) is 6.81. The van der Waals surface area contributed by atoms with Crippen molar-refractivity contribution >= 4 is 0 Å².